The van der Waals surface area contributed by atoms with E-state index in [1.54, 1.807) is 4.90 Å². The van der Waals surface area contributed by atoms with Crippen LogP contribution in [0.2, 0.25) is 10.0 Å². The van der Waals surface area contributed by atoms with E-state index in [0.29, 0.717) is 25.6 Å². The highest BCUT2D eigenvalue weighted by atomic mass is 35.5. The Balaban J connectivity index is 1.73. The monoisotopic (exact) mass is 394 g/mol. The van der Waals surface area contributed by atoms with Crippen molar-refractivity contribution in [1.29, 1.82) is 0 Å². The van der Waals surface area contributed by atoms with Crippen molar-refractivity contribution in [3.63, 3.8) is 0 Å². The molecule has 1 heterocycles. The number of nitrogens with two attached hydrogens (primary N) is 1. The summed E-state index contributed by atoms with van der Waals surface area (Å²) in [6, 6.07) is 9.52. The summed E-state index contributed by atoms with van der Waals surface area (Å²) in [6.45, 7) is 1.66. The molecule has 0 aliphatic carbocycles. The van der Waals surface area contributed by atoms with Gasteiger partial charge in [-0.3, -0.25) is 4.79 Å². The standard InChI is InChI=1S/C19H20Cl2N2O3/c20-15-9-14(16(21)18(25)17(15)24)19(26)23-6-4-12(5-7-23)13-3-1-2-11(8-13)10-22/h1-3,8-9,12,24-25H,4-7,10,22H2. The maximum absolute atomic E-state index is 12.8. The molecule has 0 spiro atoms. The van der Waals surface area contributed by atoms with Gasteiger partial charge in [0.1, 0.15) is 0 Å². The van der Waals surface area contributed by atoms with E-state index >= 15 is 0 Å². The Morgan fingerprint density at radius 1 is 1.15 bits per heavy atom. The molecule has 1 aliphatic rings. The highest BCUT2D eigenvalue weighted by Gasteiger charge is 2.28. The fourth-order valence-electron chi connectivity index (χ4n) is 3.32. The molecule has 3 rings (SSSR count). The zero-order valence-electron chi connectivity index (χ0n) is 14.1. The first-order valence-electron chi connectivity index (χ1n) is 8.40. The second-order valence-electron chi connectivity index (χ2n) is 6.43. The van der Waals surface area contributed by atoms with Gasteiger partial charge in [0.25, 0.3) is 5.91 Å². The van der Waals surface area contributed by atoms with Crippen molar-refractivity contribution in [1.82, 2.24) is 4.90 Å². The second kappa shape index (κ2) is 7.74. The van der Waals surface area contributed by atoms with Crippen LogP contribution in [0.3, 0.4) is 0 Å². The molecule has 2 aromatic rings. The van der Waals surface area contributed by atoms with Crippen molar-refractivity contribution in [2.75, 3.05) is 13.1 Å². The maximum atomic E-state index is 12.8. The summed E-state index contributed by atoms with van der Waals surface area (Å²) in [4.78, 5) is 14.4. The lowest BCUT2D eigenvalue weighted by Crippen LogP contribution is -2.38. The molecule has 0 aromatic heterocycles. The fourth-order valence-corrected chi connectivity index (χ4v) is 3.74. The molecule has 5 nitrogen and oxygen atoms in total. The number of piperidine rings is 1. The van der Waals surface area contributed by atoms with E-state index < -0.39 is 11.5 Å². The molecule has 4 N–H and O–H groups in total. The van der Waals surface area contributed by atoms with Gasteiger partial charge in [0, 0.05) is 19.6 Å². The van der Waals surface area contributed by atoms with Gasteiger partial charge in [-0.05, 0) is 36.0 Å². The van der Waals surface area contributed by atoms with Gasteiger partial charge in [-0.15, -0.1) is 0 Å². The average Bonchev–Trinajstić information content (AvgIpc) is 2.68. The molecule has 1 amide bonds. The van der Waals surface area contributed by atoms with E-state index in [2.05, 4.69) is 12.1 Å². The van der Waals surface area contributed by atoms with E-state index in [-0.39, 0.29) is 21.5 Å². The quantitative estimate of drug-likeness (QED) is 0.689. The van der Waals surface area contributed by atoms with E-state index in [4.69, 9.17) is 28.9 Å². The van der Waals surface area contributed by atoms with Gasteiger partial charge in [0.05, 0.1) is 15.6 Å². The van der Waals surface area contributed by atoms with Crippen LogP contribution in [-0.4, -0.2) is 34.1 Å². The van der Waals surface area contributed by atoms with Crippen molar-refractivity contribution in [3.8, 4) is 11.5 Å². The molecule has 0 bridgehead atoms. The molecule has 26 heavy (non-hydrogen) atoms. The summed E-state index contributed by atoms with van der Waals surface area (Å²) in [6.07, 6.45) is 1.66. The van der Waals surface area contributed by atoms with Crippen LogP contribution in [0.25, 0.3) is 0 Å². The number of phenols is 2. The van der Waals surface area contributed by atoms with Crippen molar-refractivity contribution >= 4 is 29.1 Å². The molecular formula is C19H20Cl2N2O3. The largest absolute Gasteiger partial charge is 0.503 e. The number of halogens is 2. The minimum absolute atomic E-state index is 0.0931. The fraction of sp³-hybridized carbons (Fsp3) is 0.316. The predicted molar refractivity (Wildman–Crippen MR) is 102 cm³/mol. The third-order valence-electron chi connectivity index (χ3n) is 4.84. The lowest BCUT2D eigenvalue weighted by atomic mass is 9.88. The van der Waals surface area contributed by atoms with Crippen LogP contribution in [-0.2, 0) is 6.54 Å². The molecule has 0 saturated carbocycles. The first-order valence-corrected chi connectivity index (χ1v) is 9.16. The minimum atomic E-state index is -0.573. The molecule has 1 saturated heterocycles. The SMILES string of the molecule is NCc1cccc(C2CCN(C(=O)c3cc(Cl)c(O)c(O)c3Cl)CC2)c1. The van der Waals surface area contributed by atoms with Crippen molar-refractivity contribution in [2.24, 2.45) is 5.73 Å². The number of carbonyl (C=O) groups excluding carboxylic acids is 1. The van der Waals surface area contributed by atoms with E-state index in [9.17, 15) is 15.0 Å². The number of hydrogen-bond donors (Lipinski definition) is 3. The van der Waals surface area contributed by atoms with E-state index in [1.807, 2.05) is 12.1 Å². The van der Waals surface area contributed by atoms with Gasteiger partial charge in [-0.2, -0.15) is 0 Å². The van der Waals surface area contributed by atoms with Crippen LogP contribution in [0, 0.1) is 0 Å². The molecule has 1 aliphatic heterocycles. The number of benzene rings is 2. The number of hydrogen-bond acceptors (Lipinski definition) is 4. The Bertz CT molecular complexity index is 834. The highest BCUT2D eigenvalue weighted by Crippen LogP contribution is 2.42. The Labute approximate surface area is 161 Å². The summed E-state index contributed by atoms with van der Waals surface area (Å²) in [5.41, 5.74) is 8.14. The molecule has 7 heteroatoms. The molecule has 138 valence electrons. The molecular weight excluding hydrogens is 375 g/mol. The van der Waals surface area contributed by atoms with E-state index in [0.717, 1.165) is 18.4 Å². The summed E-state index contributed by atoms with van der Waals surface area (Å²) in [5, 5.41) is 19.1. The van der Waals surface area contributed by atoms with Crippen LogP contribution >= 0.6 is 23.2 Å². The van der Waals surface area contributed by atoms with Crippen molar-refractivity contribution in [2.45, 2.75) is 25.3 Å². The smallest absolute Gasteiger partial charge is 0.255 e. The Kier molecular flexibility index (Phi) is 5.61. The lowest BCUT2D eigenvalue weighted by molar-refractivity contribution is 0.0712. The Morgan fingerprint density at radius 2 is 1.85 bits per heavy atom. The summed E-state index contributed by atoms with van der Waals surface area (Å²) in [7, 11) is 0. The van der Waals surface area contributed by atoms with Gasteiger partial charge in [0.2, 0.25) is 0 Å². The third-order valence-corrected chi connectivity index (χ3v) is 5.51. The minimum Gasteiger partial charge on any atom is -0.503 e. The molecule has 0 unspecified atom stereocenters. The van der Waals surface area contributed by atoms with Gasteiger partial charge < -0.3 is 20.8 Å². The second-order valence-corrected chi connectivity index (χ2v) is 7.22. The third kappa shape index (κ3) is 3.61. The van der Waals surface area contributed by atoms with Crippen molar-refractivity contribution in [3.05, 3.63) is 57.1 Å². The molecule has 1 fully saturated rings. The van der Waals surface area contributed by atoms with Crippen molar-refractivity contribution < 1.29 is 15.0 Å². The molecule has 2 aromatic carbocycles. The predicted octanol–water partition coefficient (Wildman–Crippen LogP) is 3.88. The summed E-state index contributed by atoms with van der Waals surface area (Å²) >= 11 is 11.9. The number of amides is 1. The highest BCUT2D eigenvalue weighted by molar-refractivity contribution is 6.38. The molecule has 0 atom stereocenters. The Hall–Kier alpha value is -1.95. The molecule has 0 radical (unpaired) electrons. The topological polar surface area (TPSA) is 86.8 Å². The van der Waals surface area contributed by atoms with Crippen LogP contribution < -0.4 is 5.73 Å². The lowest BCUT2D eigenvalue weighted by Gasteiger charge is -2.32. The average molecular weight is 395 g/mol. The number of nitrogens with zero attached hydrogens (tertiary/aromatic N) is 1. The summed E-state index contributed by atoms with van der Waals surface area (Å²) in [5.74, 6) is -1.03. The van der Waals surface area contributed by atoms with Crippen LogP contribution in [0.4, 0.5) is 0 Å². The zero-order valence-corrected chi connectivity index (χ0v) is 15.6. The summed E-state index contributed by atoms with van der Waals surface area (Å²) < 4.78 is 0. The zero-order chi connectivity index (χ0) is 18.8. The number of phenolic OH excluding ortho intramolecular Hbond substituents is 2. The first-order chi connectivity index (χ1) is 12.4. The number of rotatable bonds is 3. The van der Waals surface area contributed by atoms with Gasteiger partial charge in [0.15, 0.2) is 11.5 Å². The van der Waals surface area contributed by atoms with Crippen LogP contribution in [0.15, 0.2) is 30.3 Å². The maximum Gasteiger partial charge on any atom is 0.255 e. The van der Waals surface area contributed by atoms with E-state index in [1.165, 1.54) is 11.6 Å². The number of aromatic hydroxyl groups is 2. The van der Waals surface area contributed by atoms with Crippen LogP contribution in [0.1, 0.15) is 40.2 Å². The van der Waals surface area contributed by atoms with Gasteiger partial charge >= 0.3 is 0 Å². The van der Waals surface area contributed by atoms with Gasteiger partial charge in [-0.1, -0.05) is 47.5 Å². The van der Waals surface area contributed by atoms with Crippen LogP contribution in [0.5, 0.6) is 11.5 Å². The number of likely N-dealkylation sites (tertiary alicyclic amines) is 1. The first kappa shape index (κ1) is 18.8. The normalized spacial score (nSPS) is 15.3. The number of carbonyl (C=O) groups is 1. The van der Waals surface area contributed by atoms with Gasteiger partial charge in [-0.25, -0.2) is 0 Å². The Morgan fingerprint density at radius 3 is 2.50 bits per heavy atom.